The lowest BCUT2D eigenvalue weighted by Gasteiger charge is -2.33. The molecule has 0 radical (unpaired) electrons. The summed E-state index contributed by atoms with van der Waals surface area (Å²) in [6, 6.07) is 2.38. The van der Waals surface area contributed by atoms with Gasteiger partial charge in [0.25, 0.3) is 0 Å². The highest BCUT2D eigenvalue weighted by atomic mass is 16.2. The third kappa shape index (κ3) is 2.03. The molecule has 17 heavy (non-hydrogen) atoms. The minimum Gasteiger partial charge on any atom is -0.322 e. The largest absolute Gasteiger partial charge is 0.322 e. The van der Waals surface area contributed by atoms with Crippen LogP contribution in [0.3, 0.4) is 0 Å². The molecule has 1 amide bonds. The average Bonchev–Trinajstić information content (AvgIpc) is 2.65. The Morgan fingerprint density at radius 1 is 1.65 bits per heavy atom. The van der Waals surface area contributed by atoms with E-state index in [1.54, 1.807) is 17.1 Å². The van der Waals surface area contributed by atoms with Gasteiger partial charge >= 0.3 is 0 Å². The van der Waals surface area contributed by atoms with Gasteiger partial charge in [0, 0.05) is 12.2 Å². The van der Waals surface area contributed by atoms with Crippen molar-refractivity contribution in [2.24, 2.45) is 5.41 Å². The van der Waals surface area contributed by atoms with E-state index in [1.807, 2.05) is 13.8 Å². The Labute approximate surface area is 100 Å². The molecule has 0 atom stereocenters. The fourth-order valence-corrected chi connectivity index (χ4v) is 1.86. The molecule has 1 aromatic heterocycles. The zero-order valence-corrected chi connectivity index (χ0v) is 10.1. The third-order valence-electron chi connectivity index (χ3n) is 3.24. The Kier molecular flexibility index (Phi) is 2.88. The van der Waals surface area contributed by atoms with Gasteiger partial charge in [-0.3, -0.25) is 9.48 Å². The van der Waals surface area contributed by atoms with Crippen molar-refractivity contribution >= 4 is 11.6 Å². The summed E-state index contributed by atoms with van der Waals surface area (Å²) in [5, 5.41) is 16.0. The summed E-state index contributed by atoms with van der Waals surface area (Å²) in [6.07, 6.45) is 5.67. The van der Waals surface area contributed by atoms with Crippen molar-refractivity contribution in [3.05, 3.63) is 12.4 Å². The van der Waals surface area contributed by atoms with Crippen LogP contribution >= 0.6 is 0 Å². The number of rotatable bonds is 3. The molecule has 90 valence electrons. The van der Waals surface area contributed by atoms with Gasteiger partial charge < -0.3 is 5.32 Å². The van der Waals surface area contributed by atoms with Crippen molar-refractivity contribution in [3.63, 3.8) is 0 Å². The van der Waals surface area contributed by atoms with Gasteiger partial charge in [-0.2, -0.15) is 10.4 Å². The van der Waals surface area contributed by atoms with E-state index in [4.69, 9.17) is 5.26 Å². The van der Waals surface area contributed by atoms with Crippen molar-refractivity contribution in [1.29, 1.82) is 5.26 Å². The zero-order valence-electron chi connectivity index (χ0n) is 10.1. The molecule has 0 bridgehead atoms. The second-order valence-electron chi connectivity index (χ2n) is 4.80. The highest BCUT2D eigenvalue weighted by Gasteiger charge is 2.44. The quantitative estimate of drug-likeness (QED) is 0.867. The lowest BCUT2D eigenvalue weighted by atomic mass is 9.69. The molecule has 1 aromatic rings. The first kappa shape index (κ1) is 11.6. The second kappa shape index (κ2) is 4.21. The van der Waals surface area contributed by atoms with Crippen molar-refractivity contribution in [2.45, 2.75) is 39.2 Å². The Hall–Kier alpha value is -1.83. The standard InChI is InChI=1S/C12H16N4O/c1-9(2)16-7-10(6-14-16)15-11(17)12(8-13)4-3-5-12/h6-7,9H,3-5H2,1-2H3,(H,15,17). The summed E-state index contributed by atoms with van der Waals surface area (Å²) in [6.45, 7) is 4.03. The number of carbonyl (C=O) groups is 1. The highest BCUT2D eigenvalue weighted by Crippen LogP contribution is 2.41. The monoisotopic (exact) mass is 232 g/mol. The van der Waals surface area contributed by atoms with E-state index in [2.05, 4.69) is 16.5 Å². The minimum atomic E-state index is -0.806. The predicted octanol–water partition coefficient (Wildman–Crippen LogP) is 2.10. The zero-order chi connectivity index (χ0) is 12.5. The lowest BCUT2D eigenvalue weighted by molar-refractivity contribution is -0.126. The van der Waals surface area contributed by atoms with Gasteiger partial charge in [-0.1, -0.05) is 0 Å². The molecule has 1 saturated carbocycles. The Morgan fingerprint density at radius 3 is 2.76 bits per heavy atom. The first-order chi connectivity index (χ1) is 8.07. The number of aromatic nitrogens is 2. The molecule has 0 aliphatic heterocycles. The van der Waals surface area contributed by atoms with Crippen LogP contribution in [0.1, 0.15) is 39.2 Å². The van der Waals surface area contributed by atoms with Crippen LogP contribution in [-0.2, 0) is 4.79 Å². The third-order valence-corrected chi connectivity index (χ3v) is 3.24. The van der Waals surface area contributed by atoms with E-state index in [0.717, 1.165) is 6.42 Å². The average molecular weight is 232 g/mol. The molecule has 1 N–H and O–H groups in total. The van der Waals surface area contributed by atoms with Crippen LogP contribution in [0.4, 0.5) is 5.69 Å². The molecule has 0 spiro atoms. The number of nitriles is 1. The van der Waals surface area contributed by atoms with Crippen LogP contribution < -0.4 is 5.32 Å². The molecule has 0 aromatic carbocycles. The van der Waals surface area contributed by atoms with Crippen molar-refractivity contribution in [3.8, 4) is 6.07 Å². The number of hydrogen-bond donors (Lipinski definition) is 1. The topological polar surface area (TPSA) is 70.7 Å². The van der Waals surface area contributed by atoms with Crippen molar-refractivity contribution in [2.75, 3.05) is 5.32 Å². The molecular weight excluding hydrogens is 216 g/mol. The SMILES string of the molecule is CC(C)n1cc(NC(=O)C2(C#N)CCC2)cn1. The molecule has 2 rings (SSSR count). The smallest absolute Gasteiger partial charge is 0.244 e. The summed E-state index contributed by atoms with van der Waals surface area (Å²) in [4.78, 5) is 12.0. The summed E-state index contributed by atoms with van der Waals surface area (Å²) in [5.41, 5.74) is -0.148. The molecule has 5 nitrogen and oxygen atoms in total. The van der Waals surface area contributed by atoms with E-state index < -0.39 is 5.41 Å². The molecular formula is C12H16N4O. The fraction of sp³-hybridized carbons (Fsp3) is 0.583. The van der Waals surface area contributed by atoms with E-state index >= 15 is 0 Å². The molecule has 0 saturated heterocycles. The second-order valence-corrected chi connectivity index (χ2v) is 4.80. The van der Waals surface area contributed by atoms with Crippen LogP contribution in [-0.4, -0.2) is 15.7 Å². The lowest BCUT2D eigenvalue weighted by Crippen LogP contribution is -2.40. The first-order valence-corrected chi connectivity index (χ1v) is 5.84. The van der Waals surface area contributed by atoms with Crippen LogP contribution in [0.25, 0.3) is 0 Å². The van der Waals surface area contributed by atoms with Crippen LogP contribution in [0.15, 0.2) is 12.4 Å². The molecule has 0 unspecified atom stereocenters. The maximum Gasteiger partial charge on any atom is 0.244 e. The van der Waals surface area contributed by atoms with E-state index in [1.165, 1.54) is 0 Å². The minimum absolute atomic E-state index is 0.199. The summed E-state index contributed by atoms with van der Waals surface area (Å²) >= 11 is 0. The number of amides is 1. The summed E-state index contributed by atoms with van der Waals surface area (Å²) in [5.74, 6) is -0.199. The maximum atomic E-state index is 12.0. The van der Waals surface area contributed by atoms with Crippen LogP contribution in [0.5, 0.6) is 0 Å². The van der Waals surface area contributed by atoms with Gasteiger partial charge in [0.1, 0.15) is 5.41 Å². The van der Waals surface area contributed by atoms with Crippen molar-refractivity contribution in [1.82, 2.24) is 9.78 Å². The van der Waals surface area contributed by atoms with E-state index in [-0.39, 0.29) is 11.9 Å². The molecule has 1 fully saturated rings. The number of anilines is 1. The predicted molar refractivity (Wildman–Crippen MR) is 63.1 cm³/mol. The highest BCUT2D eigenvalue weighted by molar-refractivity contribution is 5.97. The molecule has 1 aliphatic carbocycles. The van der Waals surface area contributed by atoms with Gasteiger partial charge in [-0.15, -0.1) is 0 Å². The maximum absolute atomic E-state index is 12.0. The van der Waals surface area contributed by atoms with Gasteiger partial charge in [-0.05, 0) is 33.1 Å². The van der Waals surface area contributed by atoms with Crippen LogP contribution in [0.2, 0.25) is 0 Å². The first-order valence-electron chi connectivity index (χ1n) is 5.84. The van der Waals surface area contributed by atoms with Crippen LogP contribution in [0, 0.1) is 16.7 Å². The summed E-state index contributed by atoms with van der Waals surface area (Å²) in [7, 11) is 0. The van der Waals surface area contributed by atoms with Gasteiger partial charge in [0.05, 0.1) is 18.0 Å². The summed E-state index contributed by atoms with van der Waals surface area (Å²) < 4.78 is 1.77. The van der Waals surface area contributed by atoms with E-state index in [9.17, 15) is 4.79 Å². The van der Waals surface area contributed by atoms with Gasteiger partial charge in [0.2, 0.25) is 5.91 Å². The van der Waals surface area contributed by atoms with Gasteiger partial charge in [0.15, 0.2) is 0 Å². The normalized spacial score (nSPS) is 17.3. The van der Waals surface area contributed by atoms with Gasteiger partial charge in [-0.25, -0.2) is 0 Å². The molecule has 1 heterocycles. The number of hydrogen-bond acceptors (Lipinski definition) is 3. The Morgan fingerprint density at radius 2 is 2.35 bits per heavy atom. The van der Waals surface area contributed by atoms with E-state index in [0.29, 0.717) is 18.5 Å². The number of nitrogens with zero attached hydrogens (tertiary/aromatic N) is 3. The Bertz CT molecular complexity index is 465. The molecule has 5 heteroatoms. The van der Waals surface area contributed by atoms with Crippen molar-refractivity contribution < 1.29 is 4.79 Å². The number of nitrogens with one attached hydrogen (secondary N) is 1. The Balaban J connectivity index is 2.06. The fourth-order valence-electron chi connectivity index (χ4n) is 1.86. The molecule has 1 aliphatic rings. The number of carbonyl (C=O) groups excluding carboxylic acids is 1.